The highest BCUT2D eigenvalue weighted by atomic mass is 32.1. The first-order valence-electron chi connectivity index (χ1n) is 6.85. The fourth-order valence-electron chi connectivity index (χ4n) is 2.47. The van der Waals surface area contributed by atoms with Crippen LogP contribution >= 0.6 is 22.9 Å². The summed E-state index contributed by atoms with van der Waals surface area (Å²) in [5.41, 5.74) is 2.44. The second-order valence-electron chi connectivity index (χ2n) is 4.61. The molecule has 0 radical (unpaired) electrons. The Kier molecular flexibility index (Phi) is 4.10. The number of nitrogens with one attached hydrogen (secondary N) is 1. The van der Waals surface area contributed by atoms with Crippen LogP contribution in [0.2, 0.25) is 0 Å². The Bertz CT molecular complexity index is 702. The van der Waals surface area contributed by atoms with Crippen LogP contribution in [0.25, 0.3) is 10.1 Å². The van der Waals surface area contributed by atoms with Crippen molar-refractivity contribution in [2.45, 2.75) is 26.3 Å². The van der Waals surface area contributed by atoms with Gasteiger partial charge in [0.15, 0.2) is 0 Å². The Hall–Kier alpha value is -1.30. The first-order chi connectivity index (χ1) is 9.85. The molecule has 2 aromatic heterocycles. The van der Waals surface area contributed by atoms with Gasteiger partial charge in [0.25, 0.3) is 0 Å². The molecule has 1 N–H and O–H groups in total. The van der Waals surface area contributed by atoms with Crippen LogP contribution in [0.5, 0.6) is 0 Å². The van der Waals surface area contributed by atoms with E-state index >= 15 is 0 Å². The molecule has 0 fully saturated rings. The molecule has 104 valence electrons. The predicted octanol–water partition coefficient (Wildman–Crippen LogP) is 4.01. The Labute approximate surface area is 126 Å². The van der Waals surface area contributed by atoms with Crippen LogP contribution in [0.4, 0.5) is 0 Å². The molecule has 20 heavy (non-hydrogen) atoms. The second kappa shape index (κ2) is 5.99. The lowest BCUT2D eigenvalue weighted by Crippen LogP contribution is -2.22. The summed E-state index contributed by atoms with van der Waals surface area (Å²) in [6.07, 6.45) is 0.925. The fraction of sp³-hybridized carbons (Fsp3) is 0.333. The molecule has 1 atom stereocenters. The smallest absolute Gasteiger partial charge is 0.0804 e. The lowest BCUT2D eigenvalue weighted by Gasteiger charge is -2.18. The van der Waals surface area contributed by atoms with Crippen molar-refractivity contribution in [3.05, 3.63) is 45.8 Å². The van der Waals surface area contributed by atoms with Gasteiger partial charge < -0.3 is 5.32 Å². The van der Waals surface area contributed by atoms with Gasteiger partial charge in [-0.3, -0.25) is 0 Å². The van der Waals surface area contributed by atoms with Crippen molar-refractivity contribution < 1.29 is 0 Å². The monoisotopic (exact) mass is 303 g/mol. The molecule has 0 aliphatic rings. The SMILES string of the molecule is CCNC(c1snnc1CC)c1cccc2ccsc12. The highest BCUT2D eigenvalue weighted by Crippen LogP contribution is 2.34. The number of hydrogen-bond donors (Lipinski definition) is 1. The van der Waals surface area contributed by atoms with E-state index in [1.165, 1.54) is 32.1 Å². The number of fused-ring (bicyclic) bond motifs is 1. The molecule has 0 aliphatic heterocycles. The Morgan fingerprint density at radius 1 is 1.25 bits per heavy atom. The van der Waals surface area contributed by atoms with Crippen molar-refractivity contribution >= 4 is 33.0 Å². The van der Waals surface area contributed by atoms with E-state index in [1.807, 2.05) is 0 Å². The third-order valence-corrected chi connectivity index (χ3v) is 5.22. The van der Waals surface area contributed by atoms with Crippen LogP contribution < -0.4 is 5.32 Å². The largest absolute Gasteiger partial charge is 0.306 e. The number of aryl methyl sites for hydroxylation is 1. The average molecular weight is 303 g/mol. The van der Waals surface area contributed by atoms with Gasteiger partial charge in [-0.05, 0) is 46.9 Å². The van der Waals surface area contributed by atoms with Crippen molar-refractivity contribution in [1.29, 1.82) is 0 Å². The van der Waals surface area contributed by atoms with Gasteiger partial charge >= 0.3 is 0 Å². The molecule has 3 nitrogen and oxygen atoms in total. The van der Waals surface area contributed by atoms with E-state index in [2.05, 4.69) is 58.4 Å². The van der Waals surface area contributed by atoms with E-state index < -0.39 is 0 Å². The highest BCUT2D eigenvalue weighted by Gasteiger charge is 2.21. The number of nitrogens with zero attached hydrogens (tertiary/aromatic N) is 2. The standard InChI is InChI=1S/C15H17N3S2/c1-3-12-15(20-18-17-12)13(16-4-2)11-7-5-6-10-8-9-19-14(10)11/h5-9,13,16H,3-4H2,1-2H3. The molecule has 2 heterocycles. The minimum atomic E-state index is 0.192. The molecule has 0 spiro atoms. The van der Waals surface area contributed by atoms with Crippen molar-refractivity contribution in [1.82, 2.24) is 14.9 Å². The summed E-state index contributed by atoms with van der Waals surface area (Å²) in [5.74, 6) is 0. The number of thiophene rings is 1. The molecule has 0 bridgehead atoms. The minimum absolute atomic E-state index is 0.192. The maximum Gasteiger partial charge on any atom is 0.0804 e. The molecule has 0 amide bonds. The molecule has 0 aliphatic carbocycles. The second-order valence-corrected chi connectivity index (χ2v) is 6.32. The van der Waals surface area contributed by atoms with Crippen LogP contribution in [-0.4, -0.2) is 16.1 Å². The molecule has 1 aromatic carbocycles. The van der Waals surface area contributed by atoms with Crippen molar-refractivity contribution in [3.63, 3.8) is 0 Å². The Balaban J connectivity index is 2.13. The van der Waals surface area contributed by atoms with Gasteiger partial charge in [-0.1, -0.05) is 36.5 Å². The summed E-state index contributed by atoms with van der Waals surface area (Å²) in [5, 5.41) is 11.3. The first-order valence-corrected chi connectivity index (χ1v) is 8.51. The predicted molar refractivity (Wildman–Crippen MR) is 86.6 cm³/mol. The zero-order chi connectivity index (χ0) is 13.9. The zero-order valence-electron chi connectivity index (χ0n) is 11.6. The molecule has 1 unspecified atom stereocenters. The zero-order valence-corrected chi connectivity index (χ0v) is 13.2. The fourth-order valence-corrected chi connectivity index (χ4v) is 4.25. The molecule has 0 saturated carbocycles. The summed E-state index contributed by atoms with van der Waals surface area (Å²) in [4.78, 5) is 1.25. The normalized spacial score (nSPS) is 12.9. The minimum Gasteiger partial charge on any atom is -0.306 e. The molecular formula is C15H17N3S2. The summed E-state index contributed by atoms with van der Waals surface area (Å²) >= 11 is 3.31. The number of benzene rings is 1. The molecule has 3 rings (SSSR count). The van der Waals surface area contributed by atoms with Crippen LogP contribution in [0.1, 0.15) is 36.0 Å². The molecule has 3 aromatic rings. The van der Waals surface area contributed by atoms with Crippen LogP contribution in [0, 0.1) is 0 Å². The Morgan fingerprint density at radius 3 is 2.95 bits per heavy atom. The van der Waals surface area contributed by atoms with Crippen molar-refractivity contribution in [2.75, 3.05) is 6.54 Å². The van der Waals surface area contributed by atoms with Crippen molar-refractivity contribution in [3.8, 4) is 0 Å². The van der Waals surface area contributed by atoms with Crippen LogP contribution in [0.3, 0.4) is 0 Å². The maximum absolute atomic E-state index is 4.26. The number of aromatic nitrogens is 2. The van der Waals surface area contributed by atoms with E-state index in [4.69, 9.17) is 0 Å². The summed E-state index contributed by atoms with van der Waals surface area (Å²) in [6.45, 7) is 5.20. The van der Waals surface area contributed by atoms with Gasteiger partial charge in [-0.25, -0.2) is 0 Å². The molecular weight excluding hydrogens is 286 g/mol. The van der Waals surface area contributed by atoms with E-state index in [0.717, 1.165) is 18.7 Å². The van der Waals surface area contributed by atoms with Gasteiger partial charge in [-0.15, -0.1) is 16.4 Å². The molecule has 5 heteroatoms. The number of rotatable bonds is 5. The topological polar surface area (TPSA) is 37.8 Å². The lowest BCUT2D eigenvalue weighted by molar-refractivity contribution is 0.637. The Morgan fingerprint density at radius 2 is 2.15 bits per heavy atom. The van der Waals surface area contributed by atoms with E-state index in [9.17, 15) is 0 Å². The van der Waals surface area contributed by atoms with Gasteiger partial charge in [0.2, 0.25) is 0 Å². The summed E-state index contributed by atoms with van der Waals surface area (Å²) < 4.78 is 5.50. The van der Waals surface area contributed by atoms with Gasteiger partial charge in [0.05, 0.1) is 16.6 Å². The van der Waals surface area contributed by atoms with E-state index in [0.29, 0.717) is 0 Å². The van der Waals surface area contributed by atoms with E-state index in [-0.39, 0.29) is 6.04 Å². The first kappa shape index (κ1) is 13.7. The number of hydrogen-bond acceptors (Lipinski definition) is 5. The summed E-state index contributed by atoms with van der Waals surface area (Å²) in [6, 6.07) is 8.89. The van der Waals surface area contributed by atoms with Crippen LogP contribution in [-0.2, 0) is 6.42 Å². The lowest BCUT2D eigenvalue weighted by atomic mass is 10.0. The van der Waals surface area contributed by atoms with Gasteiger partial charge in [0, 0.05) is 4.70 Å². The van der Waals surface area contributed by atoms with Crippen LogP contribution in [0.15, 0.2) is 29.6 Å². The molecule has 0 saturated heterocycles. The van der Waals surface area contributed by atoms with Gasteiger partial charge in [-0.2, -0.15) is 0 Å². The third kappa shape index (κ3) is 2.37. The summed E-state index contributed by atoms with van der Waals surface area (Å²) in [7, 11) is 0. The highest BCUT2D eigenvalue weighted by molar-refractivity contribution is 7.17. The third-order valence-electron chi connectivity index (χ3n) is 3.41. The quantitative estimate of drug-likeness (QED) is 0.774. The maximum atomic E-state index is 4.26. The van der Waals surface area contributed by atoms with E-state index in [1.54, 1.807) is 11.3 Å². The van der Waals surface area contributed by atoms with Gasteiger partial charge in [0.1, 0.15) is 0 Å². The average Bonchev–Trinajstić information content (AvgIpc) is 3.12. The van der Waals surface area contributed by atoms with Crippen molar-refractivity contribution in [2.24, 2.45) is 0 Å².